The van der Waals surface area contributed by atoms with Gasteiger partial charge in [0.2, 0.25) is 5.91 Å². The summed E-state index contributed by atoms with van der Waals surface area (Å²) in [5.74, 6) is 0.714. The van der Waals surface area contributed by atoms with E-state index in [9.17, 15) is 9.18 Å². The van der Waals surface area contributed by atoms with Gasteiger partial charge in [0.25, 0.3) is 0 Å². The van der Waals surface area contributed by atoms with Crippen molar-refractivity contribution in [3.05, 3.63) is 59.8 Å². The number of aliphatic imine (C=N–C) groups is 1. The number of furan rings is 1. The second kappa shape index (κ2) is 11.5. The lowest BCUT2D eigenvalue weighted by Gasteiger charge is -2.11. The van der Waals surface area contributed by atoms with Crippen LogP contribution in [0, 0.1) is 5.82 Å². The van der Waals surface area contributed by atoms with E-state index < -0.39 is 0 Å². The van der Waals surface area contributed by atoms with Gasteiger partial charge in [-0.25, -0.2) is 9.38 Å². The fourth-order valence-electron chi connectivity index (χ4n) is 1.97. The quantitative estimate of drug-likeness (QED) is 0.337. The number of nitrogens with zero attached hydrogens (tertiary/aromatic N) is 1. The average molecular weight is 460 g/mol. The molecule has 0 aliphatic rings. The number of nitrogens with one attached hydrogen (secondary N) is 3. The molecular weight excluding hydrogens is 438 g/mol. The van der Waals surface area contributed by atoms with Crippen LogP contribution in [0.15, 0.2) is 52.1 Å². The van der Waals surface area contributed by atoms with Gasteiger partial charge in [0.05, 0.1) is 25.9 Å². The van der Waals surface area contributed by atoms with Crippen molar-refractivity contribution in [3.63, 3.8) is 0 Å². The smallest absolute Gasteiger partial charge is 0.239 e. The zero-order chi connectivity index (χ0) is 17.2. The van der Waals surface area contributed by atoms with E-state index in [1.165, 1.54) is 12.1 Å². The number of hydrogen-bond donors (Lipinski definition) is 3. The zero-order valence-corrected chi connectivity index (χ0v) is 16.3. The molecule has 2 rings (SSSR count). The molecule has 1 aromatic heterocycles. The van der Waals surface area contributed by atoms with E-state index in [0.29, 0.717) is 31.4 Å². The number of benzene rings is 1. The molecule has 0 unspecified atom stereocenters. The molecule has 0 atom stereocenters. The van der Waals surface area contributed by atoms with Crippen molar-refractivity contribution in [2.45, 2.75) is 20.0 Å². The SMILES string of the molecule is CCNC(=NCc1cccc(F)c1)NCC(=O)NCc1ccco1.I. The topological polar surface area (TPSA) is 78.7 Å². The van der Waals surface area contributed by atoms with Crippen molar-refractivity contribution < 1.29 is 13.6 Å². The number of amides is 1. The summed E-state index contributed by atoms with van der Waals surface area (Å²) in [6.07, 6.45) is 1.56. The Hall–Kier alpha value is -2.10. The van der Waals surface area contributed by atoms with Gasteiger partial charge in [-0.2, -0.15) is 0 Å². The molecule has 0 saturated carbocycles. The van der Waals surface area contributed by atoms with Crippen LogP contribution in [0.2, 0.25) is 0 Å². The van der Waals surface area contributed by atoms with E-state index in [2.05, 4.69) is 20.9 Å². The Morgan fingerprint density at radius 2 is 2.04 bits per heavy atom. The Kier molecular flexibility index (Phi) is 9.60. The Bertz CT molecular complexity index is 677. The number of halogens is 2. The summed E-state index contributed by atoms with van der Waals surface area (Å²) < 4.78 is 18.3. The highest BCUT2D eigenvalue weighted by Gasteiger charge is 2.04. The molecule has 6 nitrogen and oxygen atoms in total. The first-order valence-electron chi connectivity index (χ1n) is 7.73. The number of hydrogen-bond acceptors (Lipinski definition) is 3. The van der Waals surface area contributed by atoms with Gasteiger partial charge in [-0.05, 0) is 36.8 Å². The normalized spacial score (nSPS) is 10.7. The Morgan fingerprint density at radius 3 is 2.72 bits per heavy atom. The van der Waals surface area contributed by atoms with Crippen LogP contribution >= 0.6 is 24.0 Å². The maximum Gasteiger partial charge on any atom is 0.239 e. The van der Waals surface area contributed by atoms with Crippen LogP contribution in [0.4, 0.5) is 4.39 Å². The first-order chi connectivity index (χ1) is 11.7. The van der Waals surface area contributed by atoms with Gasteiger partial charge < -0.3 is 20.4 Å². The predicted molar refractivity (Wildman–Crippen MR) is 105 cm³/mol. The first-order valence-corrected chi connectivity index (χ1v) is 7.73. The predicted octanol–water partition coefficient (Wildman–Crippen LogP) is 2.41. The van der Waals surface area contributed by atoms with Crippen LogP contribution in [-0.2, 0) is 17.9 Å². The highest BCUT2D eigenvalue weighted by atomic mass is 127. The highest BCUT2D eigenvalue weighted by molar-refractivity contribution is 14.0. The lowest BCUT2D eigenvalue weighted by molar-refractivity contribution is -0.120. The fourth-order valence-corrected chi connectivity index (χ4v) is 1.97. The number of carbonyl (C=O) groups is 1. The lowest BCUT2D eigenvalue weighted by atomic mass is 10.2. The summed E-state index contributed by atoms with van der Waals surface area (Å²) in [5.41, 5.74) is 0.759. The summed E-state index contributed by atoms with van der Waals surface area (Å²) in [6.45, 7) is 3.32. The molecule has 0 bridgehead atoms. The fraction of sp³-hybridized carbons (Fsp3) is 0.294. The number of carbonyl (C=O) groups excluding carboxylic acids is 1. The standard InChI is InChI=1S/C17H21FN4O2.HI/c1-2-19-17(21-10-13-5-3-6-14(18)9-13)22-12-16(23)20-11-15-7-4-8-24-15;/h3-9H,2,10-12H2,1H3,(H,20,23)(H2,19,21,22);1H. The third-order valence-corrected chi connectivity index (χ3v) is 3.11. The minimum atomic E-state index is -0.294. The minimum Gasteiger partial charge on any atom is -0.467 e. The molecule has 1 heterocycles. The monoisotopic (exact) mass is 460 g/mol. The van der Waals surface area contributed by atoms with Gasteiger partial charge in [-0.3, -0.25) is 4.79 Å². The summed E-state index contributed by atoms with van der Waals surface area (Å²) in [4.78, 5) is 16.2. The second-order valence-corrected chi connectivity index (χ2v) is 5.03. The second-order valence-electron chi connectivity index (χ2n) is 5.03. The van der Waals surface area contributed by atoms with Crippen LogP contribution in [0.25, 0.3) is 0 Å². The molecule has 1 amide bonds. The molecule has 3 N–H and O–H groups in total. The molecule has 25 heavy (non-hydrogen) atoms. The summed E-state index contributed by atoms with van der Waals surface area (Å²) in [6, 6.07) is 9.82. The first kappa shape index (κ1) is 20.9. The summed E-state index contributed by atoms with van der Waals surface area (Å²) in [5, 5.41) is 8.71. The zero-order valence-electron chi connectivity index (χ0n) is 13.9. The highest BCUT2D eigenvalue weighted by Crippen LogP contribution is 2.04. The molecule has 0 radical (unpaired) electrons. The maximum absolute atomic E-state index is 13.2. The largest absolute Gasteiger partial charge is 0.467 e. The van der Waals surface area contributed by atoms with Crippen LogP contribution in [0.3, 0.4) is 0 Å². The molecule has 0 aliphatic heterocycles. The molecule has 8 heteroatoms. The molecule has 0 fully saturated rings. The van der Waals surface area contributed by atoms with E-state index in [0.717, 1.165) is 5.56 Å². The molecule has 0 spiro atoms. The average Bonchev–Trinajstić information content (AvgIpc) is 3.09. The minimum absolute atomic E-state index is 0. The molecule has 0 aliphatic carbocycles. The van der Waals surface area contributed by atoms with Crippen molar-refractivity contribution >= 4 is 35.8 Å². The van der Waals surface area contributed by atoms with E-state index in [1.54, 1.807) is 30.5 Å². The Morgan fingerprint density at radius 1 is 1.20 bits per heavy atom. The molecule has 2 aromatic rings. The van der Waals surface area contributed by atoms with Crippen LogP contribution in [0.1, 0.15) is 18.2 Å². The van der Waals surface area contributed by atoms with Crippen molar-refractivity contribution in [2.75, 3.05) is 13.1 Å². The van der Waals surface area contributed by atoms with Gasteiger partial charge in [-0.1, -0.05) is 12.1 Å². The summed E-state index contributed by atoms with van der Waals surface area (Å²) >= 11 is 0. The maximum atomic E-state index is 13.2. The van der Waals surface area contributed by atoms with Crippen molar-refractivity contribution in [2.24, 2.45) is 4.99 Å². The molecule has 1 aromatic carbocycles. The van der Waals surface area contributed by atoms with Gasteiger partial charge in [0.15, 0.2) is 5.96 Å². The number of rotatable bonds is 7. The third-order valence-electron chi connectivity index (χ3n) is 3.11. The van der Waals surface area contributed by atoms with Crippen LogP contribution in [0.5, 0.6) is 0 Å². The van der Waals surface area contributed by atoms with Gasteiger partial charge in [-0.15, -0.1) is 24.0 Å². The van der Waals surface area contributed by atoms with E-state index in [4.69, 9.17) is 4.42 Å². The molecule has 0 saturated heterocycles. The Balaban J connectivity index is 0.00000312. The molecular formula is C17H22FIN4O2. The molecule has 136 valence electrons. The Labute approximate surface area is 163 Å². The third kappa shape index (κ3) is 8.01. The number of guanidine groups is 1. The van der Waals surface area contributed by atoms with E-state index in [1.807, 2.05) is 6.92 Å². The van der Waals surface area contributed by atoms with E-state index >= 15 is 0 Å². The van der Waals surface area contributed by atoms with Gasteiger partial charge in [0, 0.05) is 6.54 Å². The van der Waals surface area contributed by atoms with E-state index in [-0.39, 0.29) is 42.2 Å². The van der Waals surface area contributed by atoms with Crippen molar-refractivity contribution in [1.29, 1.82) is 0 Å². The van der Waals surface area contributed by atoms with Crippen LogP contribution in [-0.4, -0.2) is 25.0 Å². The van der Waals surface area contributed by atoms with Gasteiger partial charge >= 0.3 is 0 Å². The van der Waals surface area contributed by atoms with Crippen LogP contribution < -0.4 is 16.0 Å². The lowest BCUT2D eigenvalue weighted by Crippen LogP contribution is -2.43. The van der Waals surface area contributed by atoms with Crippen molar-refractivity contribution in [3.8, 4) is 0 Å². The van der Waals surface area contributed by atoms with Crippen molar-refractivity contribution in [1.82, 2.24) is 16.0 Å². The summed E-state index contributed by atoms with van der Waals surface area (Å²) in [7, 11) is 0. The van der Waals surface area contributed by atoms with Gasteiger partial charge in [0.1, 0.15) is 11.6 Å².